The molecule has 1 aromatic heterocycles. The Morgan fingerprint density at radius 1 is 1.35 bits per heavy atom. The van der Waals surface area contributed by atoms with E-state index in [0.29, 0.717) is 6.42 Å². The van der Waals surface area contributed by atoms with Gasteiger partial charge in [-0.15, -0.1) is 0 Å². The van der Waals surface area contributed by atoms with E-state index in [1.807, 2.05) is 32.3 Å². The Bertz CT molecular complexity index is 586. The van der Waals surface area contributed by atoms with Crippen LogP contribution in [0.2, 0.25) is 0 Å². The third kappa shape index (κ3) is 3.14. The van der Waals surface area contributed by atoms with Crippen molar-refractivity contribution in [1.82, 2.24) is 10.3 Å². The average Bonchev–Trinajstić information content (AvgIpc) is 2.46. The Balaban J connectivity index is 2.23. The van der Waals surface area contributed by atoms with Crippen LogP contribution in [-0.2, 0) is 6.42 Å². The maximum atomic E-state index is 13.7. The minimum atomic E-state index is -0.327. The second-order valence-electron chi connectivity index (χ2n) is 4.75. The summed E-state index contributed by atoms with van der Waals surface area (Å²) in [6.07, 6.45) is 4.33. The Morgan fingerprint density at radius 2 is 2.15 bits per heavy atom. The number of halogens is 1. The molecule has 0 amide bonds. The molecule has 0 saturated heterocycles. The van der Waals surface area contributed by atoms with Gasteiger partial charge in [-0.3, -0.25) is 4.98 Å². The molecule has 0 fully saturated rings. The molecule has 0 spiro atoms. The van der Waals surface area contributed by atoms with Gasteiger partial charge in [-0.05, 0) is 55.3 Å². The van der Waals surface area contributed by atoms with Crippen LogP contribution in [0.25, 0.3) is 0 Å². The quantitative estimate of drug-likeness (QED) is 0.910. The minimum Gasteiger partial charge on any atom is -0.494 e. The number of nitrogens with one attached hydrogen (secondary N) is 1. The smallest absolute Gasteiger partial charge is 0.165 e. The number of hydrogen-bond donors (Lipinski definition) is 1. The lowest BCUT2D eigenvalue weighted by molar-refractivity contribution is 0.386. The highest BCUT2D eigenvalue weighted by Gasteiger charge is 2.13. The van der Waals surface area contributed by atoms with Crippen LogP contribution in [0.5, 0.6) is 5.75 Å². The topological polar surface area (TPSA) is 34.1 Å². The number of benzene rings is 1. The summed E-state index contributed by atoms with van der Waals surface area (Å²) < 4.78 is 18.7. The normalized spacial score (nSPS) is 12.2. The lowest BCUT2D eigenvalue weighted by Crippen LogP contribution is -2.20. The number of hydrogen-bond acceptors (Lipinski definition) is 3. The molecule has 20 heavy (non-hydrogen) atoms. The predicted octanol–water partition coefficient (Wildman–Crippen LogP) is 3.04. The van der Waals surface area contributed by atoms with Crippen LogP contribution in [0, 0.1) is 12.7 Å². The van der Waals surface area contributed by atoms with Crippen LogP contribution in [0.3, 0.4) is 0 Å². The van der Waals surface area contributed by atoms with Crippen molar-refractivity contribution in [2.45, 2.75) is 19.4 Å². The summed E-state index contributed by atoms with van der Waals surface area (Å²) in [4.78, 5) is 4.10. The molecule has 0 aliphatic rings. The molecule has 2 aromatic rings. The van der Waals surface area contributed by atoms with Crippen molar-refractivity contribution in [1.29, 1.82) is 0 Å². The van der Waals surface area contributed by atoms with Gasteiger partial charge in [0.15, 0.2) is 11.6 Å². The number of pyridine rings is 1. The standard InChI is InChI=1S/C16H19FN2O/c1-11-10-19-7-6-13(11)15(18-2)9-12-4-5-16(20-3)14(17)8-12/h4-8,10,15,18H,9H2,1-3H3. The Morgan fingerprint density at radius 3 is 2.75 bits per heavy atom. The number of aryl methyl sites for hydroxylation is 1. The van der Waals surface area contributed by atoms with E-state index in [1.165, 1.54) is 18.7 Å². The zero-order valence-electron chi connectivity index (χ0n) is 12.0. The summed E-state index contributed by atoms with van der Waals surface area (Å²) in [7, 11) is 3.37. The molecule has 0 bridgehead atoms. The van der Waals surface area contributed by atoms with E-state index >= 15 is 0 Å². The van der Waals surface area contributed by atoms with Gasteiger partial charge in [0.2, 0.25) is 0 Å². The molecule has 0 aliphatic heterocycles. The maximum Gasteiger partial charge on any atom is 0.165 e. The van der Waals surface area contributed by atoms with Gasteiger partial charge in [-0.1, -0.05) is 6.07 Å². The zero-order chi connectivity index (χ0) is 14.5. The lowest BCUT2D eigenvalue weighted by atomic mass is 9.97. The maximum absolute atomic E-state index is 13.7. The van der Waals surface area contributed by atoms with E-state index in [1.54, 1.807) is 12.3 Å². The van der Waals surface area contributed by atoms with E-state index in [0.717, 1.165) is 11.1 Å². The molecular formula is C16H19FN2O. The van der Waals surface area contributed by atoms with Crippen molar-refractivity contribution in [2.24, 2.45) is 0 Å². The highest BCUT2D eigenvalue weighted by molar-refractivity contribution is 5.32. The number of nitrogens with zero attached hydrogens (tertiary/aromatic N) is 1. The zero-order valence-corrected chi connectivity index (χ0v) is 12.0. The summed E-state index contributed by atoms with van der Waals surface area (Å²) in [5.74, 6) is -0.0545. The molecule has 106 valence electrons. The van der Waals surface area contributed by atoms with Gasteiger partial charge in [-0.25, -0.2) is 4.39 Å². The Labute approximate surface area is 118 Å². The Kier molecular flexibility index (Phi) is 4.69. The predicted molar refractivity (Wildman–Crippen MR) is 77.4 cm³/mol. The first kappa shape index (κ1) is 14.5. The van der Waals surface area contributed by atoms with E-state index in [-0.39, 0.29) is 17.6 Å². The molecule has 0 saturated carbocycles. The molecule has 2 rings (SSSR count). The lowest BCUT2D eigenvalue weighted by Gasteiger charge is -2.19. The SMILES string of the molecule is CNC(Cc1ccc(OC)c(F)c1)c1ccncc1C. The number of likely N-dealkylation sites (N-methyl/N-ethyl adjacent to an activating group) is 1. The fourth-order valence-electron chi connectivity index (χ4n) is 2.32. The second kappa shape index (κ2) is 6.48. The van der Waals surface area contributed by atoms with Crippen molar-refractivity contribution in [2.75, 3.05) is 14.2 Å². The van der Waals surface area contributed by atoms with Gasteiger partial charge in [0, 0.05) is 18.4 Å². The van der Waals surface area contributed by atoms with Gasteiger partial charge in [-0.2, -0.15) is 0 Å². The third-order valence-electron chi connectivity index (χ3n) is 3.44. The van der Waals surface area contributed by atoms with Crippen LogP contribution in [0.15, 0.2) is 36.7 Å². The molecule has 1 unspecified atom stereocenters. The fraction of sp³-hybridized carbons (Fsp3) is 0.312. The second-order valence-corrected chi connectivity index (χ2v) is 4.75. The van der Waals surface area contributed by atoms with Gasteiger partial charge < -0.3 is 10.1 Å². The first-order valence-electron chi connectivity index (χ1n) is 6.56. The summed E-state index contributed by atoms with van der Waals surface area (Å²) in [6, 6.07) is 7.21. The summed E-state index contributed by atoms with van der Waals surface area (Å²) in [6.45, 7) is 2.03. The van der Waals surface area contributed by atoms with Crippen LogP contribution < -0.4 is 10.1 Å². The van der Waals surface area contributed by atoms with E-state index in [9.17, 15) is 4.39 Å². The van der Waals surface area contributed by atoms with Gasteiger partial charge >= 0.3 is 0 Å². The van der Waals surface area contributed by atoms with Crippen molar-refractivity contribution < 1.29 is 9.13 Å². The minimum absolute atomic E-state index is 0.130. The highest BCUT2D eigenvalue weighted by atomic mass is 19.1. The van der Waals surface area contributed by atoms with Crippen molar-refractivity contribution in [3.05, 3.63) is 59.2 Å². The van der Waals surface area contributed by atoms with Crippen molar-refractivity contribution >= 4 is 0 Å². The van der Waals surface area contributed by atoms with E-state index in [2.05, 4.69) is 10.3 Å². The summed E-state index contributed by atoms with van der Waals surface area (Å²) in [5, 5.41) is 3.27. The molecule has 1 atom stereocenters. The highest BCUT2D eigenvalue weighted by Crippen LogP contribution is 2.24. The molecule has 1 aromatic carbocycles. The van der Waals surface area contributed by atoms with Crippen molar-refractivity contribution in [3.63, 3.8) is 0 Å². The molecule has 4 heteroatoms. The van der Waals surface area contributed by atoms with Crippen molar-refractivity contribution in [3.8, 4) is 5.75 Å². The van der Waals surface area contributed by atoms with Gasteiger partial charge in [0.05, 0.1) is 7.11 Å². The molecule has 1 N–H and O–H groups in total. The molecule has 1 heterocycles. The fourth-order valence-corrected chi connectivity index (χ4v) is 2.32. The first-order chi connectivity index (χ1) is 9.65. The number of aromatic nitrogens is 1. The number of methoxy groups -OCH3 is 1. The first-order valence-corrected chi connectivity index (χ1v) is 6.56. The Hall–Kier alpha value is -1.94. The average molecular weight is 274 g/mol. The van der Waals surface area contributed by atoms with Crippen LogP contribution in [-0.4, -0.2) is 19.1 Å². The molecule has 0 aliphatic carbocycles. The summed E-state index contributed by atoms with van der Waals surface area (Å²) in [5.41, 5.74) is 3.23. The van der Waals surface area contributed by atoms with Crippen LogP contribution in [0.4, 0.5) is 4.39 Å². The van der Waals surface area contributed by atoms with E-state index in [4.69, 9.17) is 4.74 Å². The van der Waals surface area contributed by atoms with Crippen LogP contribution >= 0.6 is 0 Å². The molecule has 3 nitrogen and oxygen atoms in total. The molecule has 0 radical (unpaired) electrons. The largest absolute Gasteiger partial charge is 0.494 e. The monoisotopic (exact) mass is 274 g/mol. The van der Waals surface area contributed by atoms with Gasteiger partial charge in [0.25, 0.3) is 0 Å². The number of ether oxygens (including phenoxy) is 1. The van der Waals surface area contributed by atoms with E-state index < -0.39 is 0 Å². The molecular weight excluding hydrogens is 255 g/mol. The third-order valence-corrected chi connectivity index (χ3v) is 3.44. The summed E-state index contributed by atoms with van der Waals surface area (Å²) >= 11 is 0. The number of rotatable bonds is 5. The van der Waals surface area contributed by atoms with Crippen LogP contribution in [0.1, 0.15) is 22.7 Å². The van der Waals surface area contributed by atoms with Gasteiger partial charge in [0.1, 0.15) is 0 Å².